The van der Waals surface area contributed by atoms with Gasteiger partial charge < -0.3 is 9.64 Å². The van der Waals surface area contributed by atoms with E-state index in [2.05, 4.69) is 9.97 Å². The van der Waals surface area contributed by atoms with Crippen LogP contribution in [0.1, 0.15) is 12.8 Å². The van der Waals surface area contributed by atoms with E-state index in [4.69, 9.17) is 27.9 Å². The first-order valence-electron chi connectivity index (χ1n) is 5.98. The van der Waals surface area contributed by atoms with E-state index in [0.29, 0.717) is 17.7 Å². The number of alkyl halides is 3. The summed E-state index contributed by atoms with van der Waals surface area (Å²) in [5.74, 6) is -1.88. The highest BCUT2D eigenvalue weighted by Gasteiger charge is 2.43. The van der Waals surface area contributed by atoms with Crippen LogP contribution in [0.25, 0.3) is 0 Å². The van der Waals surface area contributed by atoms with Crippen LogP contribution in [0.4, 0.5) is 13.2 Å². The minimum atomic E-state index is -4.89. The Kier molecular flexibility index (Phi) is 4.77. The van der Waals surface area contributed by atoms with Crippen molar-refractivity contribution >= 4 is 29.1 Å². The maximum absolute atomic E-state index is 12.4. The van der Waals surface area contributed by atoms with E-state index in [9.17, 15) is 18.0 Å². The van der Waals surface area contributed by atoms with E-state index in [0.717, 1.165) is 0 Å². The number of hydrogen-bond acceptors (Lipinski definition) is 4. The Labute approximate surface area is 128 Å². The molecule has 1 amide bonds. The van der Waals surface area contributed by atoms with Crippen molar-refractivity contribution in [1.82, 2.24) is 14.9 Å². The maximum Gasteiger partial charge on any atom is 0.471 e. The molecule has 0 bridgehead atoms. The van der Waals surface area contributed by atoms with E-state index >= 15 is 0 Å². The number of rotatable bonds is 2. The fraction of sp³-hybridized carbons (Fsp3) is 0.545. The number of likely N-dealkylation sites (tertiary alicyclic amines) is 1. The van der Waals surface area contributed by atoms with Crippen LogP contribution in [0.15, 0.2) is 6.20 Å². The lowest BCUT2D eigenvalue weighted by molar-refractivity contribution is -0.187. The minimum absolute atomic E-state index is 0.0111. The van der Waals surface area contributed by atoms with E-state index in [-0.39, 0.29) is 29.3 Å². The van der Waals surface area contributed by atoms with Crippen LogP contribution in [0.3, 0.4) is 0 Å². The van der Waals surface area contributed by atoms with Crippen molar-refractivity contribution in [3.63, 3.8) is 0 Å². The molecular formula is C11H10Cl2F3N3O2. The number of piperidine rings is 1. The van der Waals surface area contributed by atoms with Crippen molar-refractivity contribution in [2.75, 3.05) is 13.1 Å². The minimum Gasteiger partial charge on any atom is -0.471 e. The average Bonchev–Trinajstić information content (AvgIpc) is 2.41. The normalized spacial score (nSPS) is 19.5. The SMILES string of the molecule is O=C(N1CCC[C@@H](Oc2nc(Cl)ncc2Cl)C1)C(F)(F)F. The number of carbonyl (C=O) groups is 1. The van der Waals surface area contributed by atoms with Gasteiger partial charge in [0, 0.05) is 6.54 Å². The molecule has 21 heavy (non-hydrogen) atoms. The summed E-state index contributed by atoms with van der Waals surface area (Å²) in [5.41, 5.74) is 0. The molecule has 1 aliphatic rings. The number of halogens is 5. The predicted molar refractivity (Wildman–Crippen MR) is 68.3 cm³/mol. The highest BCUT2D eigenvalue weighted by atomic mass is 35.5. The van der Waals surface area contributed by atoms with E-state index in [1.807, 2.05) is 0 Å². The van der Waals surface area contributed by atoms with Gasteiger partial charge in [0.05, 0.1) is 12.7 Å². The van der Waals surface area contributed by atoms with E-state index in [1.54, 1.807) is 0 Å². The van der Waals surface area contributed by atoms with Gasteiger partial charge in [-0.3, -0.25) is 4.79 Å². The molecular weight excluding hydrogens is 334 g/mol. The highest BCUT2D eigenvalue weighted by Crippen LogP contribution is 2.27. The molecule has 1 aromatic rings. The number of amides is 1. The molecule has 1 aliphatic heterocycles. The summed E-state index contributed by atoms with van der Waals surface area (Å²) in [6, 6.07) is 0. The molecule has 0 aromatic carbocycles. The summed E-state index contributed by atoms with van der Waals surface area (Å²) in [5, 5.41) is 0.00658. The molecule has 0 N–H and O–H groups in total. The molecule has 2 rings (SSSR count). The lowest BCUT2D eigenvalue weighted by Gasteiger charge is -2.33. The Balaban J connectivity index is 2.05. The van der Waals surface area contributed by atoms with Crippen LogP contribution in [-0.4, -0.2) is 46.1 Å². The van der Waals surface area contributed by atoms with Crippen molar-refractivity contribution in [3.05, 3.63) is 16.5 Å². The van der Waals surface area contributed by atoms with Gasteiger partial charge in [-0.2, -0.15) is 18.2 Å². The molecule has 10 heteroatoms. The molecule has 0 unspecified atom stereocenters. The van der Waals surface area contributed by atoms with Gasteiger partial charge in [0.25, 0.3) is 0 Å². The van der Waals surface area contributed by atoms with Crippen molar-refractivity contribution < 1.29 is 22.7 Å². The number of carbonyl (C=O) groups excluding carboxylic acids is 1. The second-order valence-corrected chi connectivity index (χ2v) is 5.17. The van der Waals surface area contributed by atoms with Crippen LogP contribution >= 0.6 is 23.2 Å². The van der Waals surface area contributed by atoms with E-state index in [1.165, 1.54) is 6.20 Å². The summed E-state index contributed by atoms with van der Waals surface area (Å²) < 4.78 is 42.7. The molecule has 1 fully saturated rings. The number of ether oxygens (including phenoxy) is 1. The van der Waals surface area contributed by atoms with E-state index < -0.39 is 18.2 Å². The van der Waals surface area contributed by atoms with Crippen LogP contribution in [0.5, 0.6) is 5.88 Å². The summed E-state index contributed by atoms with van der Waals surface area (Å²) in [6.45, 7) is -0.146. The molecule has 1 saturated heterocycles. The molecule has 116 valence electrons. The van der Waals surface area contributed by atoms with Crippen LogP contribution in [0, 0.1) is 0 Å². The number of nitrogens with zero attached hydrogens (tertiary/aromatic N) is 3. The Morgan fingerprint density at radius 2 is 2.14 bits per heavy atom. The first kappa shape index (κ1) is 16.1. The summed E-state index contributed by atoms with van der Waals surface area (Å²) in [4.78, 5) is 19.3. The molecule has 1 aromatic heterocycles. The first-order valence-corrected chi connectivity index (χ1v) is 6.74. The Hall–Kier alpha value is -1.28. The first-order chi connectivity index (χ1) is 9.77. The second kappa shape index (κ2) is 6.23. The van der Waals surface area contributed by atoms with Gasteiger partial charge in [0.15, 0.2) is 0 Å². The van der Waals surface area contributed by atoms with Gasteiger partial charge in [-0.25, -0.2) is 4.98 Å². The molecule has 0 spiro atoms. The quantitative estimate of drug-likeness (QED) is 0.775. The molecule has 0 saturated carbocycles. The van der Waals surface area contributed by atoms with Gasteiger partial charge >= 0.3 is 12.1 Å². The second-order valence-electron chi connectivity index (χ2n) is 4.42. The van der Waals surface area contributed by atoms with Gasteiger partial charge in [-0.1, -0.05) is 11.6 Å². The fourth-order valence-electron chi connectivity index (χ4n) is 1.97. The third-order valence-corrected chi connectivity index (χ3v) is 3.31. The fourth-order valence-corrected chi connectivity index (χ4v) is 2.23. The molecule has 1 atom stereocenters. The molecule has 0 radical (unpaired) electrons. The van der Waals surface area contributed by atoms with Crippen molar-refractivity contribution in [2.24, 2.45) is 0 Å². The van der Waals surface area contributed by atoms with Crippen molar-refractivity contribution in [1.29, 1.82) is 0 Å². The monoisotopic (exact) mass is 343 g/mol. The zero-order valence-corrected chi connectivity index (χ0v) is 12.0. The molecule has 0 aliphatic carbocycles. The highest BCUT2D eigenvalue weighted by molar-refractivity contribution is 6.32. The smallest absolute Gasteiger partial charge is 0.471 e. The van der Waals surface area contributed by atoms with Gasteiger partial charge in [-0.15, -0.1) is 0 Å². The summed E-state index contributed by atoms with van der Waals surface area (Å²) in [6.07, 6.45) is -3.41. The Morgan fingerprint density at radius 3 is 2.81 bits per heavy atom. The number of hydrogen-bond donors (Lipinski definition) is 0. The predicted octanol–water partition coefficient (Wildman–Crippen LogP) is 2.72. The third kappa shape index (κ3) is 4.10. The molecule has 5 nitrogen and oxygen atoms in total. The van der Waals surface area contributed by atoms with Crippen LogP contribution in [-0.2, 0) is 4.79 Å². The zero-order valence-electron chi connectivity index (χ0n) is 10.5. The van der Waals surface area contributed by atoms with Crippen LogP contribution < -0.4 is 4.74 Å². The van der Waals surface area contributed by atoms with Gasteiger partial charge in [0.2, 0.25) is 11.2 Å². The van der Waals surface area contributed by atoms with Gasteiger partial charge in [-0.05, 0) is 24.4 Å². The summed E-state index contributed by atoms with van der Waals surface area (Å²) >= 11 is 11.4. The maximum atomic E-state index is 12.4. The van der Waals surface area contributed by atoms with Crippen molar-refractivity contribution in [3.8, 4) is 5.88 Å². The lowest BCUT2D eigenvalue weighted by Crippen LogP contribution is -2.49. The van der Waals surface area contributed by atoms with Crippen LogP contribution in [0.2, 0.25) is 10.3 Å². The standard InChI is InChI=1S/C11H10Cl2F3N3O2/c12-7-4-17-10(13)18-8(7)21-6-2-1-3-19(5-6)9(20)11(14,15)16/h4,6H,1-3,5H2/t6-/m1/s1. The third-order valence-electron chi connectivity index (χ3n) is 2.87. The number of aromatic nitrogens is 2. The topological polar surface area (TPSA) is 55.3 Å². The molecule has 2 heterocycles. The Bertz CT molecular complexity index is 542. The largest absolute Gasteiger partial charge is 0.471 e. The summed E-state index contributed by atoms with van der Waals surface area (Å²) in [7, 11) is 0. The van der Waals surface area contributed by atoms with Gasteiger partial charge in [0.1, 0.15) is 11.1 Å². The van der Waals surface area contributed by atoms with Crippen molar-refractivity contribution in [2.45, 2.75) is 25.1 Å². The lowest BCUT2D eigenvalue weighted by atomic mass is 10.1. The Morgan fingerprint density at radius 1 is 1.43 bits per heavy atom. The average molecular weight is 344 g/mol. The zero-order chi connectivity index (χ0) is 15.6.